The molecule has 102 valence electrons. The van der Waals surface area contributed by atoms with Crippen LogP contribution in [0.25, 0.3) is 11.0 Å². The molecule has 0 amide bonds. The summed E-state index contributed by atoms with van der Waals surface area (Å²) in [6, 6.07) is 12.3. The zero-order chi connectivity index (χ0) is 13.9. The Labute approximate surface area is 114 Å². The van der Waals surface area contributed by atoms with Gasteiger partial charge in [0.15, 0.2) is 5.75 Å². The topological polar surface area (TPSA) is 39.4 Å². The molecule has 4 heteroatoms. The van der Waals surface area contributed by atoms with Crippen LogP contribution in [-0.2, 0) is 0 Å². The van der Waals surface area contributed by atoms with Gasteiger partial charge in [0.25, 0.3) is 8.32 Å². The van der Waals surface area contributed by atoms with Gasteiger partial charge in [0.2, 0.25) is 0 Å². The molecule has 0 aliphatic heterocycles. The third kappa shape index (κ3) is 2.73. The third-order valence-corrected chi connectivity index (χ3v) is 8.39. The minimum atomic E-state index is -1.84. The van der Waals surface area contributed by atoms with E-state index in [0.29, 0.717) is 11.3 Å². The molecule has 0 aliphatic carbocycles. The van der Waals surface area contributed by atoms with Crippen molar-refractivity contribution >= 4 is 19.3 Å². The largest absolute Gasteiger partial charge is 0.539 e. The van der Waals surface area contributed by atoms with Gasteiger partial charge in [-0.1, -0.05) is 39.0 Å². The lowest BCUT2D eigenvalue weighted by Gasteiger charge is -2.28. The molecule has 0 N–H and O–H groups in total. The fourth-order valence-corrected chi connectivity index (χ4v) is 4.86. The molecule has 1 aromatic heterocycles. The smallest absolute Gasteiger partial charge is 0.377 e. The third-order valence-electron chi connectivity index (χ3n) is 3.87. The molecule has 0 saturated carbocycles. The second kappa shape index (κ2) is 5.61. The van der Waals surface area contributed by atoms with Gasteiger partial charge in [-0.2, -0.15) is 0 Å². The second-order valence-electron chi connectivity index (χ2n) is 4.78. The minimum Gasteiger partial charge on any atom is -0.539 e. The minimum absolute atomic E-state index is 0.370. The lowest BCUT2D eigenvalue weighted by Crippen LogP contribution is -2.40. The first-order valence-corrected chi connectivity index (χ1v) is 9.39. The van der Waals surface area contributed by atoms with Crippen LogP contribution in [0.4, 0.5) is 0 Å². The first-order chi connectivity index (χ1) is 9.14. The molecule has 2 aromatic rings. The average molecular weight is 276 g/mol. The quantitative estimate of drug-likeness (QED) is 0.607. The molecule has 0 radical (unpaired) electrons. The average Bonchev–Trinajstić information content (AvgIpc) is 2.45. The van der Waals surface area contributed by atoms with Crippen LogP contribution in [0.2, 0.25) is 18.1 Å². The zero-order valence-corrected chi connectivity index (χ0v) is 12.7. The van der Waals surface area contributed by atoms with Crippen molar-refractivity contribution in [2.45, 2.75) is 38.9 Å². The summed E-state index contributed by atoms with van der Waals surface area (Å²) in [4.78, 5) is 12.0. The fraction of sp³-hybridized carbons (Fsp3) is 0.400. The molecular weight excluding hydrogens is 256 g/mol. The van der Waals surface area contributed by atoms with E-state index in [-0.39, 0.29) is 5.63 Å². The summed E-state index contributed by atoms with van der Waals surface area (Å²) < 4.78 is 11.4. The van der Waals surface area contributed by atoms with Gasteiger partial charge in [0, 0.05) is 5.39 Å². The summed E-state index contributed by atoms with van der Waals surface area (Å²) in [5.74, 6) is 0.371. The van der Waals surface area contributed by atoms with Gasteiger partial charge in [-0.15, -0.1) is 0 Å². The molecule has 0 saturated heterocycles. The van der Waals surface area contributed by atoms with E-state index >= 15 is 0 Å². The first-order valence-electron chi connectivity index (χ1n) is 6.86. The van der Waals surface area contributed by atoms with E-state index < -0.39 is 8.32 Å². The Kier molecular flexibility index (Phi) is 4.10. The summed E-state index contributed by atoms with van der Waals surface area (Å²) in [5, 5.41) is 0.906. The molecule has 0 atom stereocenters. The van der Waals surface area contributed by atoms with E-state index in [2.05, 4.69) is 20.8 Å². The monoisotopic (exact) mass is 276 g/mol. The van der Waals surface area contributed by atoms with E-state index in [1.807, 2.05) is 24.3 Å². The Morgan fingerprint density at radius 2 is 1.74 bits per heavy atom. The summed E-state index contributed by atoms with van der Waals surface area (Å²) in [6.07, 6.45) is 0. The van der Waals surface area contributed by atoms with E-state index in [9.17, 15) is 4.79 Å². The predicted molar refractivity (Wildman–Crippen MR) is 80.3 cm³/mol. The van der Waals surface area contributed by atoms with E-state index in [0.717, 1.165) is 23.5 Å². The second-order valence-corrected chi connectivity index (χ2v) is 9.47. The van der Waals surface area contributed by atoms with Crippen LogP contribution in [0.15, 0.2) is 39.5 Å². The number of para-hydroxylation sites is 1. The predicted octanol–water partition coefficient (Wildman–Crippen LogP) is 4.18. The van der Waals surface area contributed by atoms with Crippen molar-refractivity contribution in [2.75, 3.05) is 0 Å². The van der Waals surface area contributed by atoms with Gasteiger partial charge in [0.05, 0.1) is 0 Å². The van der Waals surface area contributed by atoms with Gasteiger partial charge in [-0.25, -0.2) is 4.79 Å². The Morgan fingerprint density at radius 1 is 1.11 bits per heavy atom. The SMILES string of the molecule is CC[Si](CC)(CC)Oc1cc2ccccc2oc1=O. The maximum absolute atomic E-state index is 12.0. The van der Waals surface area contributed by atoms with Crippen molar-refractivity contribution in [3.8, 4) is 5.75 Å². The summed E-state index contributed by atoms with van der Waals surface area (Å²) in [7, 11) is -1.84. The number of rotatable bonds is 5. The van der Waals surface area contributed by atoms with Crippen LogP contribution in [0.5, 0.6) is 5.75 Å². The normalized spacial score (nSPS) is 11.7. The molecule has 3 nitrogen and oxygen atoms in total. The van der Waals surface area contributed by atoms with Crippen molar-refractivity contribution in [1.82, 2.24) is 0 Å². The van der Waals surface area contributed by atoms with Gasteiger partial charge in [-0.3, -0.25) is 0 Å². The summed E-state index contributed by atoms with van der Waals surface area (Å²) >= 11 is 0. The van der Waals surface area contributed by atoms with E-state index in [4.69, 9.17) is 8.84 Å². The highest BCUT2D eigenvalue weighted by Crippen LogP contribution is 2.25. The van der Waals surface area contributed by atoms with E-state index in [1.165, 1.54) is 0 Å². The van der Waals surface area contributed by atoms with Crippen LogP contribution in [-0.4, -0.2) is 8.32 Å². The van der Waals surface area contributed by atoms with Crippen molar-refractivity contribution in [2.24, 2.45) is 0 Å². The molecule has 0 bridgehead atoms. The summed E-state index contributed by atoms with van der Waals surface area (Å²) in [5.41, 5.74) is 0.238. The van der Waals surface area contributed by atoms with Crippen LogP contribution < -0.4 is 10.1 Å². The highest BCUT2D eigenvalue weighted by Gasteiger charge is 2.31. The van der Waals surface area contributed by atoms with Gasteiger partial charge < -0.3 is 8.84 Å². The zero-order valence-electron chi connectivity index (χ0n) is 11.7. The maximum atomic E-state index is 12.0. The van der Waals surface area contributed by atoms with Gasteiger partial charge in [-0.05, 0) is 30.3 Å². The van der Waals surface area contributed by atoms with Crippen molar-refractivity contribution in [3.63, 3.8) is 0 Å². The van der Waals surface area contributed by atoms with E-state index in [1.54, 1.807) is 6.07 Å². The van der Waals surface area contributed by atoms with Crippen LogP contribution in [0.3, 0.4) is 0 Å². The highest BCUT2D eigenvalue weighted by molar-refractivity contribution is 6.74. The number of fused-ring (bicyclic) bond motifs is 1. The molecule has 0 fully saturated rings. The van der Waals surface area contributed by atoms with Crippen molar-refractivity contribution in [3.05, 3.63) is 40.8 Å². The number of hydrogen-bond acceptors (Lipinski definition) is 3. The Morgan fingerprint density at radius 3 is 2.37 bits per heavy atom. The number of hydrogen-bond donors (Lipinski definition) is 0. The molecule has 1 aromatic carbocycles. The molecule has 0 spiro atoms. The van der Waals surface area contributed by atoms with Crippen LogP contribution >= 0.6 is 0 Å². The molecule has 0 unspecified atom stereocenters. The van der Waals surface area contributed by atoms with Gasteiger partial charge in [0.1, 0.15) is 5.58 Å². The first kappa shape index (κ1) is 13.9. The highest BCUT2D eigenvalue weighted by atomic mass is 28.4. The maximum Gasteiger partial charge on any atom is 0.377 e. The van der Waals surface area contributed by atoms with Crippen molar-refractivity contribution in [1.29, 1.82) is 0 Å². The molecule has 1 heterocycles. The van der Waals surface area contributed by atoms with Crippen LogP contribution in [0, 0.1) is 0 Å². The fourth-order valence-electron chi connectivity index (χ4n) is 2.31. The summed E-state index contributed by atoms with van der Waals surface area (Å²) in [6.45, 7) is 6.42. The molecule has 19 heavy (non-hydrogen) atoms. The lowest BCUT2D eigenvalue weighted by molar-refractivity contribution is 0.470. The van der Waals surface area contributed by atoms with Gasteiger partial charge >= 0.3 is 5.63 Å². The standard InChI is InChI=1S/C15H20O3Si/c1-4-19(5-2,6-3)18-14-11-12-9-7-8-10-13(12)17-15(14)16/h7-11H,4-6H2,1-3H3. The number of benzene rings is 1. The van der Waals surface area contributed by atoms with Crippen molar-refractivity contribution < 1.29 is 8.84 Å². The molecular formula is C15H20O3Si. The Hall–Kier alpha value is -1.55. The molecule has 0 aliphatic rings. The lowest BCUT2D eigenvalue weighted by atomic mass is 10.2. The van der Waals surface area contributed by atoms with Crippen LogP contribution in [0.1, 0.15) is 20.8 Å². The Bertz CT molecular complexity index is 606. The Balaban J connectivity index is 2.45. The molecule has 2 rings (SSSR count).